The van der Waals surface area contributed by atoms with Gasteiger partial charge in [0.2, 0.25) is 5.75 Å². The Labute approximate surface area is 157 Å². The molecule has 26 heavy (non-hydrogen) atoms. The van der Waals surface area contributed by atoms with Crippen LogP contribution in [0.2, 0.25) is 0 Å². The van der Waals surface area contributed by atoms with Gasteiger partial charge in [0.05, 0.1) is 20.4 Å². The molecular weight excluding hydrogens is 404 g/mol. The maximum absolute atomic E-state index is 12.2. The van der Waals surface area contributed by atoms with Crippen molar-refractivity contribution in [2.75, 3.05) is 14.2 Å². The van der Waals surface area contributed by atoms with E-state index in [4.69, 9.17) is 13.9 Å². The molecule has 1 heterocycles. The molecule has 7 nitrogen and oxygen atoms in total. The number of nitrogens with one attached hydrogen (secondary N) is 1. The van der Waals surface area contributed by atoms with Crippen LogP contribution in [0, 0.1) is 0 Å². The third-order valence-electron chi connectivity index (χ3n) is 3.58. The van der Waals surface area contributed by atoms with Gasteiger partial charge >= 0.3 is 5.91 Å². The van der Waals surface area contributed by atoms with Crippen LogP contribution in [0.15, 0.2) is 50.4 Å². The zero-order valence-corrected chi connectivity index (χ0v) is 15.5. The Kier molecular flexibility index (Phi) is 5.13. The summed E-state index contributed by atoms with van der Waals surface area (Å²) in [5, 5.41) is 14.6. The lowest BCUT2D eigenvalue weighted by molar-refractivity contribution is 0.0929. The predicted molar refractivity (Wildman–Crippen MR) is 100 cm³/mol. The minimum atomic E-state index is -0.480. The molecule has 3 aromatic rings. The molecule has 8 heteroatoms. The molecule has 0 aliphatic carbocycles. The van der Waals surface area contributed by atoms with Gasteiger partial charge in [-0.3, -0.25) is 4.79 Å². The van der Waals surface area contributed by atoms with Gasteiger partial charge in [0.15, 0.2) is 17.3 Å². The number of halogens is 1. The lowest BCUT2D eigenvalue weighted by atomic mass is 10.2. The van der Waals surface area contributed by atoms with Crippen molar-refractivity contribution in [3.63, 3.8) is 0 Å². The lowest BCUT2D eigenvalue weighted by Gasteiger charge is -2.09. The molecule has 0 unspecified atom stereocenters. The Morgan fingerprint density at radius 1 is 1.19 bits per heavy atom. The Balaban J connectivity index is 1.76. The molecule has 0 saturated heterocycles. The standard InChI is InChI=1S/C18H15BrN2O5/c1-24-14-5-10(6-15(25-2)17(14)22)9-20-21-18(23)16-8-11-7-12(19)3-4-13(11)26-16/h3-9,22H,1-2H3,(H,21,23)/b20-9-. The number of methoxy groups -OCH3 is 2. The topological polar surface area (TPSA) is 93.3 Å². The van der Waals surface area contributed by atoms with E-state index >= 15 is 0 Å². The molecule has 0 spiro atoms. The zero-order chi connectivity index (χ0) is 18.7. The highest BCUT2D eigenvalue weighted by atomic mass is 79.9. The molecule has 0 aliphatic rings. The van der Waals surface area contributed by atoms with Gasteiger partial charge in [0.1, 0.15) is 5.58 Å². The van der Waals surface area contributed by atoms with Crippen molar-refractivity contribution in [2.45, 2.75) is 0 Å². The molecule has 0 saturated carbocycles. The van der Waals surface area contributed by atoms with E-state index < -0.39 is 5.91 Å². The van der Waals surface area contributed by atoms with Gasteiger partial charge in [-0.15, -0.1) is 0 Å². The number of phenolic OH excluding ortho intramolecular Hbond substituents is 1. The first-order valence-electron chi connectivity index (χ1n) is 7.49. The summed E-state index contributed by atoms with van der Waals surface area (Å²) in [6.07, 6.45) is 1.40. The number of fused-ring (bicyclic) bond motifs is 1. The molecule has 0 bridgehead atoms. The zero-order valence-electron chi connectivity index (χ0n) is 13.9. The first-order chi connectivity index (χ1) is 12.5. The molecule has 1 amide bonds. The van der Waals surface area contributed by atoms with Gasteiger partial charge < -0.3 is 19.0 Å². The highest BCUT2D eigenvalue weighted by Crippen LogP contribution is 2.36. The van der Waals surface area contributed by atoms with E-state index in [9.17, 15) is 9.90 Å². The number of phenols is 1. The molecular formula is C18H15BrN2O5. The largest absolute Gasteiger partial charge is 0.502 e. The van der Waals surface area contributed by atoms with Gasteiger partial charge in [-0.05, 0) is 36.4 Å². The van der Waals surface area contributed by atoms with E-state index in [0.717, 1.165) is 9.86 Å². The summed E-state index contributed by atoms with van der Waals surface area (Å²) in [5.41, 5.74) is 3.57. The number of benzene rings is 2. The van der Waals surface area contributed by atoms with Crippen LogP contribution in [0.4, 0.5) is 0 Å². The van der Waals surface area contributed by atoms with Crippen LogP contribution in [0.1, 0.15) is 16.1 Å². The number of furan rings is 1. The fourth-order valence-corrected chi connectivity index (χ4v) is 2.71. The highest BCUT2D eigenvalue weighted by Gasteiger charge is 2.12. The third-order valence-corrected chi connectivity index (χ3v) is 4.08. The minimum absolute atomic E-state index is 0.107. The average molecular weight is 419 g/mol. The molecule has 0 radical (unpaired) electrons. The Morgan fingerprint density at radius 3 is 2.54 bits per heavy atom. The summed E-state index contributed by atoms with van der Waals surface area (Å²) in [5.74, 6) is 0.0343. The van der Waals surface area contributed by atoms with Crippen molar-refractivity contribution < 1.29 is 23.8 Å². The molecule has 134 valence electrons. The quantitative estimate of drug-likeness (QED) is 0.486. The Morgan fingerprint density at radius 2 is 1.88 bits per heavy atom. The average Bonchev–Trinajstić information content (AvgIpc) is 3.05. The number of carbonyl (C=O) groups excluding carboxylic acids is 1. The fraction of sp³-hybridized carbons (Fsp3) is 0.111. The second-order valence-corrected chi connectivity index (χ2v) is 6.18. The van der Waals surface area contributed by atoms with Crippen LogP contribution >= 0.6 is 15.9 Å². The number of hydrogen-bond acceptors (Lipinski definition) is 6. The van der Waals surface area contributed by atoms with E-state index in [-0.39, 0.29) is 23.0 Å². The number of hydrazone groups is 1. The summed E-state index contributed by atoms with van der Waals surface area (Å²) in [6.45, 7) is 0. The van der Waals surface area contributed by atoms with Crippen molar-refractivity contribution in [3.05, 3.63) is 52.2 Å². The van der Waals surface area contributed by atoms with Gasteiger partial charge in [0, 0.05) is 15.4 Å². The number of rotatable bonds is 5. The minimum Gasteiger partial charge on any atom is -0.502 e. The SMILES string of the molecule is COc1cc(/C=N\NC(=O)c2cc3cc(Br)ccc3o2)cc(OC)c1O. The molecule has 1 aromatic heterocycles. The molecule has 2 N–H and O–H groups in total. The number of amides is 1. The van der Waals surface area contributed by atoms with E-state index in [0.29, 0.717) is 11.1 Å². The van der Waals surface area contributed by atoms with Crippen LogP contribution in [0.25, 0.3) is 11.0 Å². The summed E-state index contributed by atoms with van der Waals surface area (Å²) in [7, 11) is 2.86. The number of hydrogen-bond donors (Lipinski definition) is 2. The van der Waals surface area contributed by atoms with Crippen molar-refractivity contribution in [3.8, 4) is 17.2 Å². The molecule has 2 aromatic carbocycles. The second kappa shape index (κ2) is 7.49. The number of nitrogens with zero attached hydrogens (tertiary/aromatic N) is 1. The number of aromatic hydroxyl groups is 1. The summed E-state index contributed by atoms with van der Waals surface area (Å²) >= 11 is 3.37. The first kappa shape index (κ1) is 17.8. The maximum atomic E-state index is 12.2. The van der Waals surface area contributed by atoms with Crippen molar-refractivity contribution in [1.29, 1.82) is 0 Å². The van der Waals surface area contributed by atoms with Crippen LogP contribution in [-0.2, 0) is 0 Å². The number of carbonyl (C=O) groups is 1. The smallest absolute Gasteiger partial charge is 0.307 e. The van der Waals surface area contributed by atoms with E-state index in [1.54, 1.807) is 24.3 Å². The normalized spacial score (nSPS) is 11.0. The van der Waals surface area contributed by atoms with Crippen molar-refractivity contribution >= 4 is 39.0 Å². The first-order valence-corrected chi connectivity index (χ1v) is 8.28. The van der Waals surface area contributed by atoms with Crippen molar-refractivity contribution in [1.82, 2.24) is 5.43 Å². The van der Waals surface area contributed by atoms with Gasteiger partial charge in [-0.2, -0.15) is 5.10 Å². The van der Waals surface area contributed by atoms with Crippen LogP contribution in [-0.4, -0.2) is 31.4 Å². The maximum Gasteiger partial charge on any atom is 0.307 e. The van der Waals surface area contributed by atoms with Gasteiger partial charge in [-0.1, -0.05) is 15.9 Å². The number of ether oxygens (including phenoxy) is 2. The summed E-state index contributed by atoms with van der Waals surface area (Å²) in [4.78, 5) is 12.2. The highest BCUT2D eigenvalue weighted by molar-refractivity contribution is 9.10. The van der Waals surface area contributed by atoms with E-state index in [2.05, 4.69) is 26.5 Å². The summed E-state index contributed by atoms with van der Waals surface area (Å²) < 4.78 is 16.5. The molecule has 0 aliphatic heterocycles. The monoisotopic (exact) mass is 418 g/mol. The predicted octanol–water partition coefficient (Wildman–Crippen LogP) is 3.68. The van der Waals surface area contributed by atoms with E-state index in [1.807, 2.05) is 12.1 Å². The van der Waals surface area contributed by atoms with Gasteiger partial charge in [0.25, 0.3) is 0 Å². The molecule has 3 rings (SSSR count). The van der Waals surface area contributed by atoms with Gasteiger partial charge in [-0.25, -0.2) is 5.43 Å². The molecule has 0 fully saturated rings. The third kappa shape index (κ3) is 3.65. The summed E-state index contributed by atoms with van der Waals surface area (Å²) in [6, 6.07) is 10.2. The second-order valence-electron chi connectivity index (χ2n) is 5.27. The Hall–Kier alpha value is -3.00. The van der Waals surface area contributed by atoms with Crippen molar-refractivity contribution in [2.24, 2.45) is 5.10 Å². The van der Waals surface area contributed by atoms with E-state index in [1.165, 1.54) is 20.4 Å². The lowest BCUT2D eigenvalue weighted by Crippen LogP contribution is -2.16. The van der Waals surface area contributed by atoms with Crippen LogP contribution < -0.4 is 14.9 Å². The van der Waals surface area contributed by atoms with Crippen LogP contribution in [0.3, 0.4) is 0 Å². The molecule has 0 atom stereocenters. The van der Waals surface area contributed by atoms with Crippen LogP contribution in [0.5, 0.6) is 17.2 Å². The fourth-order valence-electron chi connectivity index (χ4n) is 2.33. The Bertz CT molecular complexity index is 971.